The molecule has 2 heterocycles. The second-order valence-corrected chi connectivity index (χ2v) is 7.19. The van der Waals surface area contributed by atoms with E-state index < -0.39 is 52.5 Å². The minimum absolute atomic E-state index is 0. The van der Waals surface area contributed by atoms with Crippen molar-refractivity contribution < 1.29 is 259 Å². The van der Waals surface area contributed by atoms with Gasteiger partial charge >= 0.3 is 211 Å². The van der Waals surface area contributed by atoms with Gasteiger partial charge in [-0.2, -0.15) is 4.98 Å². The molecule has 5 N–H and O–H groups in total. The predicted molar refractivity (Wildman–Crippen MR) is 72.2 cm³/mol. The second kappa shape index (κ2) is 19.4. The number of anilines is 1. The van der Waals surface area contributed by atoms with E-state index in [1.807, 2.05) is 0 Å². The first kappa shape index (κ1) is 42.4. The third-order valence-electron chi connectivity index (χ3n) is 2.84. The standard InChI is InChI=1S/C9H13N3O5.4K.H4O7P2/c10-5-1-2-12(9(16)11-5)8-7(15)6(14)4(3-13)17-8;;;;;1-8(2,3)7-9(4,5)6/h1-2,4,6-8,13-15H,3H2,(H2,10,11,16);;;;;(H2,1,2,3)(H2,4,5,6)/q;4*+1;/p-4/t4-,6-,7-,8-;;;;;/m1...../s1. The molecule has 30 heavy (non-hydrogen) atoms. The zero-order valence-corrected chi connectivity index (χ0v) is 30.8. The van der Waals surface area contributed by atoms with Gasteiger partial charge in [0, 0.05) is 6.20 Å². The molecule has 150 valence electrons. The summed E-state index contributed by atoms with van der Waals surface area (Å²) in [5.74, 6) is 0.0537. The molecule has 1 aromatic rings. The third kappa shape index (κ3) is 16.2. The molecule has 1 aromatic heterocycles. The van der Waals surface area contributed by atoms with Crippen LogP contribution in [0.2, 0.25) is 0 Å². The number of phosphoric acid groups is 2. The summed E-state index contributed by atoms with van der Waals surface area (Å²) < 4.78 is 27.4. The van der Waals surface area contributed by atoms with E-state index in [1.54, 1.807) is 0 Å². The van der Waals surface area contributed by atoms with Crippen molar-refractivity contribution in [2.45, 2.75) is 24.5 Å². The van der Waals surface area contributed by atoms with Crippen molar-refractivity contribution in [3.8, 4) is 0 Å². The third-order valence-corrected chi connectivity index (χ3v) is 4.44. The molecular weight excluding hydrogens is 560 g/mol. The number of nitrogens with two attached hydrogens (primary N) is 1. The number of hydrogen-bond acceptors (Lipinski definition) is 14. The summed E-state index contributed by atoms with van der Waals surface area (Å²) >= 11 is 0. The molecule has 0 unspecified atom stereocenters. The molecule has 15 nitrogen and oxygen atoms in total. The molecule has 0 saturated carbocycles. The molecule has 0 amide bonds. The maximum Gasteiger partial charge on any atom is 1.00 e. The molecule has 0 bridgehead atoms. The SMILES string of the molecule is Nc1ccn([C@@H]2O[C@H](CO)[C@@H](O)[C@H]2O)c(=O)n1.O=P([O-])([O-])OP(=O)([O-])[O-].[K+].[K+].[K+].[K+]. The van der Waals surface area contributed by atoms with Crippen LogP contribution in [0.5, 0.6) is 0 Å². The number of aliphatic hydroxyl groups is 3. The van der Waals surface area contributed by atoms with Gasteiger partial charge in [-0.15, -0.1) is 0 Å². The van der Waals surface area contributed by atoms with E-state index in [9.17, 15) is 43.7 Å². The van der Waals surface area contributed by atoms with Gasteiger partial charge in [0.25, 0.3) is 0 Å². The fourth-order valence-corrected chi connectivity index (χ4v) is 2.83. The van der Waals surface area contributed by atoms with Crippen LogP contribution >= 0.6 is 15.6 Å². The Hall–Kier alpha value is 5.33. The first-order valence-corrected chi connectivity index (χ1v) is 9.40. The van der Waals surface area contributed by atoms with E-state index in [2.05, 4.69) is 9.29 Å². The number of aliphatic hydroxyl groups excluding tert-OH is 3. The first-order valence-electron chi connectivity index (χ1n) is 6.47. The second-order valence-electron chi connectivity index (χ2n) is 4.75. The smallest absolute Gasteiger partial charge is 0.790 e. The number of aromatic nitrogens is 2. The fourth-order valence-electron chi connectivity index (χ4n) is 1.85. The summed E-state index contributed by atoms with van der Waals surface area (Å²) in [5.41, 5.74) is 4.63. The molecule has 0 radical (unpaired) electrons. The molecule has 1 saturated heterocycles. The number of ether oxygens (including phenoxy) is 1. The Morgan fingerprint density at radius 3 is 1.87 bits per heavy atom. The van der Waals surface area contributed by atoms with Crippen LogP contribution < -0.4 is 237 Å². The van der Waals surface area contributed by atoms with Gasteiger partial charge in [-0.3, -0.25) is 4.57 Å². The van der Waals surface area contributed by atoms with Crippen molar-refractivity contribution in [1.82, 2.24) is 9.55 Å². The van der Waals surface area contributed by atoms with Crippen LogP contribution in [0.25, 0.3) is 0 Å². The maximum absolute atomic E-state index is 11.5. The summed E-state index contributed by atoms with van der Waals surface area (Å²) in [4.78, 5) is 52.3. The Morgan fingerprint density at radius 2 is 1.57 bits per heavy atom. The molecule has 1 fully saturated rings. The van der Waals surface area contributed by atoms with Crippen LogP contribution in [-0.4, -0.2) is 49.8 Å². The van der Waals surface area contributed by atoms with Crippen molar-refractivity contribution >= 4 is 21.5 Å². The van der Waals surface area contributed by atoms with Crippen LogP contribution in [0.4, 0.5) is 5.82 Å². The van der Waals surface area contributed by atoms with Crippen LogP contribution in [0.3, 0.4) is 0 Å². The van der Waals surface area contributed by atoms with Crippen molar-refractivity contribution in [1.29, 1.82) is 0 Å². The van der Waals surface area contributed by atoms with Crippen LogP contribution in [0.1, 0.15) is 6.23 Å². The van der Waals surface area contributed by atoms with E-state index in [0.717, 1.165) is 4.57 Å². The largest absolute Gasteiger partial charge is 1.00 e. The summed E-state index contributed by atoms with van der Waals surface area (Å²) in [6.07, 6.45) is -3.27. The van der Waals surface area contributed by atoms with Gasteiger partial charge in [0.15, 0.2) is 6.23 Å². The van der Waals surface area contributed by atoms with Crippen LogP contribution in [0, 0.1) is 0 Å². The van der Waals surface area contributed by atoms with Crippen molar-refractivity contribution in [3.63, 3.8) is 0 Å². The minimum Gasteiger partial charge on any atom is -0.790 e. The maximum atomic E-state index is 11.5. The minimum atomic E-state index is -5.68. The van der Waals surface area contributed by atoms with Crippen LogP contribution in [-0.2, 0) is 18.2 Å². The molecule has 4 atom stereocenters. The zero-order valence-electron chi connectivity index (χ0n) is 16.6. The Morgan fingerprint density at radius 1 is 1.10 bits per heavy atom. The molecular formula is C9H13K4N3O12P2. The van der Waals surface area contributed by atoms with E-state index in [1.165, 1.54) is 12.3 Å². The predicted octanol–water partition coefficient (Wildman–Crippen LogP) is -17.9. The first-order chi connectivity index (χ1) is 11.7. The van der Waals surface area contributed by atoms with Gasteiger partial charge in [-0.25, -0.2) is 4.79 Å². The summed E-state index contributed by atoms with van der Waals surface area (Å²) in [6.45, 7) is -0.453. The summed E-state index contributed by atoms with van der Waals surface area (Å²) in [7, 11) is -11.4. The van der Waals surface area contributed by atoms with Gasteiger partial charge in [0.1, 0.15) is 24.1 Å². The van der Waals surface area contributed by atoms with Crippen molar-refractivity contribution in [2.24, 2.45) is 0 Å². The average Bonchev–Trinajstić information content (AvgIpc) is 2.72. The van der Waals surface area contributed by atoms with Gasteiger partial charge in [0.2, 0.25) is 0 Å². The van der Waals surface area contributed by atoms with E-state index >= 15 is 0 Å². The average molecular weight is 574 g/mol. The number of nitrogens with zero attached hydrogens (tertiary/aromatic N) is 2. The van der Waals surface area contributed by atoms with Gasteiger partial charge in [0.05, 0.1) is 22.3 Å². The normalized spacial score (nSPS) is 22.8. The molecule has 1 aliphatic rings. The monoisotopic (exact) mass is 573 g/mol. The topological polar surface area (TPSA) is 266 Å². The van der Waals surface area contributed by atoms with E-state index in [0.29, 0.717) is 0 Å². The van der Waals surface area contributed by atoms with E-state index in [-0.39, 0.29) is 211 Å². The Balaban J connectivity index is -0.000000230. The Bertz CT molecular complexity index is 756. The Kier molecular flexibility index (Phi) is 27.4. The van der Waals surface area contributed by atoms with Crippen molar-refractivity contribution in [3.05, 3.63) is 22.7 Å². The van der Waals surface area contributed by atoms with Crippen LogP contribution in [0.15, 0.2) is 17.1 Å². The Labute approximate surface area is 340 Å². The number of rotatable bonds is 4. The fraction of sp³-hybridized carbons (Fsp3) is 0.556. The molecule has 0 aliphatic carbocycles. The van der Waals surface area contributed by atoms with Gasteiger partial charge in [-0.1, -0.05) is 0 Å². The number of nitrogen functional groups attached to an aromatic ring is 1. The molecule has 1 aliphatic heterocycles. The molecule has 0 spiro atoms. The summed E-state index contributed by atoms with van der Waals surface area (Å²) in [5, 5.41) is 28.2. The molecule has 21 heteroatoms. The van der Waals surface area contributed by atoms with E-state index in [4.69, 9.17) is 15.6 Å². The summed E-state index contributed by atoms with van der Waals surface area (Å²) in [6, 6.07) is 1.37. The van der Waals surface area contributed by atoms with Gasteiger partial charge in [-0.05, 0) is 6.07 Å². The molecule has 0 aromatic carbocycles. The zero-order chi connectivity index (χ0) is 20.3. The van der Waals surface area contributed by atoms with Crippen molar-refractivity contribution in [2.75, 3.05) is 12.3 Å². The molecule has 2 rings (SSSR count). The van der Waals surface area contributed by atoms with Gasteiger partial charge < -0.3 is 58.8 Å². The quantitative estimate of drug-likeness (QED) is 0.192. The number of hydrogen-bond donors (Lipinski definition) is 4.